The number of nitrogens with two attached hydrogens (primary N) is 1. The largest absolute Gasteiger partial charge is 0.375 e. The molecule has 0 saturated carbocycles. The van der Waals surface area contributed by atoms with Crippen LogP contribution in [0.15, 0.2) is 23.2 Å². The number of amidine groups is 1. The van der Waals surface area contributed by atoms with Gasteiger partial charge in [0, 0.05) is 6.54 Å². The average molecular weight is 287 g/mol. The first-order chi connectivity index (χ1) is 8.59. The molecule has 1 unspecified atom stereocenters. The molecule has 4 nitrogen and oxygen atoms in total. The molecule has 0 saturated heterocycles. The van der Waals surface area contributed by atoms with E-state index in [0.29, 0.717) is 16.6 Å². The molecule has 3 N–H and O–H groups in total. The molecule has 0 aliphatic carbocycles. The maximum atomic E-state index is 6.09. The van der Waals surface area contributed by atoms with Gasteiger partial charge in [-0.05, 0) is 19.1 Å². The van der Waals surface area contributed by atoms with Crippen LogP contribution in [-0.4, -0.2) is 36.5 Å². The lowest BCUT2D eigenvalue weighted by Gasteiger charge is -2.25. The number of rotatable bonds is 4. The monoisotopic (exact) mass is 286 g/mol. The first-order valence-electron chi connectivity index (χ1n) is 5.83. The Hall–Kier alpha value is -0.970. The Morgan fingerprint density at radius 1 is 1.44 bits per heavy atom. The lowest BCUT2D eigenvalue weighted by Crippen LogP contribution is -2.44. The van der Waals surface area contributed by atoms with Crippen LogP contribution in [0.2, 0.25) is 10.0 Å². The van der Waals surface area contributed by atoms with E-state index in [0.717, 1.165) is 24.6 Å². The van der Waals surface area contributed by atoms with E-state index in [9.17, 15) is 0 Å². The summed E-state index contributed by atoms with van der Waals surface area (Å²) < 4.78 is 0. The Bertz CT molecular complexity index is 439. The molecule has 98 valence electrons. The van der Waals surface area contributed by atoms with E-state index in [1.807, 2.05) is 13.0 Å². The normalized spacial score (nSPS) is 16.7. The highest BCUT2D eigenvalue weighted by Gasteiger charge is 2.19. The number of para-hydroxylation sites is 1. The van der Waals surface area contributed by atoms with Crippen molar-refractivity contribution < 1.29 is 0 Å². The molecular formula is C12H16Cl2N4. The van der Waals surface area contributed by atoms with Crippen LogP contribution in [0.1, 0.15) is 6.92 Å². The molecule has 0 amide bonds. The van der Waals surface area contributed by atoms with Crippen LogP contribution in [0.5, 0.6) is 0 Å². The number of nitrogens with one attached hydrogen (secondary N) is 1. The number of halogens is 2. The average Bonchev–Trinajstić information content (AvgIpc) is 2.76. The maximum Gasteiger partial charge on any atom is 0.120 e. The van der Waals surface area contributed by atoms with Crippen LogP contribution in [0.25, 0.3) is 0 Å². The smallest absolute Gasteiger partial charge is 0.120 e. The second kappa shape index (κ2) is 5.78. The lowest BCUT2D eigenvalue weighted by atomic mass is 10.3. The second-order valence-corrected chi connectivity index (χ2v) is 5.00. The van der Waals surface area contributed by atoms with Gasteiger partial charge in [0.1, 0.15) is 5.84 Å². The molecule has 1 aromatic rings. The molecule has 1 heterocycles. The molecule has 18 heavy (non-hydrogen) atoms. The first-order valence-corrected chi connectivity index (χ1v) is 6.58. The number of benzene rings is 1. The summed E-state index contributed by atoms with van der Waals surface area (Å²) in [4.78, 5) is 6.49. The van der Waals surface area contributed by atoms with Gasteiger partial charge in [-0.25, -0.2) is 0 Å². The van der Waals surface area contributed by atoms with Crippen LogP contribution in [-0.2, 0) is 0 Å². The van der Waals surface area contributed by atoms with Gasteiger partial charge in [-0.2, -0.15) is 0 Å². The summed E-state index contributed by atoms with van der Waals surface area (Å²) in [5, 5.41) is 4.43. The Morgan fingerprint density at radius 3 is 2.72 bits per heavy atom. The molecule has 6 heteroatoms. The summed E-state index contributed by atoms with van der Waals surface area (Å²) in [6.07, 6.45) is -0.0326. The van der Waals surface area contributed by atoms with Crippen LogP contribution >= 0.6 is 23.2 Å². The maximum absolute atomic E-state index is 6.09. The summed E-state index contributed by atoms with van der Waals surface area (Å²) in [6, 6.07) is 5.42. The molecular weight excluding hydrogens is 271 g/mol. The minimum Gasteiger partial charge on any atom is -0.375 e. The number of hydrogen-bond donors (Lipinski definition) is 2. The molecule has 1 aromatic carbocycles. The molecule has 0 spiro atoms. The lowest BCUT2D eigenvalue weighted by molar-refractivity contribution is 0.363. The second-order valence-electron chi connectivity index (χ2n) is 4.18. The van der Waals surface area contributed by atoms with Crippen LogP contribution in [0.3, 0.4) is 0 Å². The SMILES string of the molecule is CC(N)N1CCN=C1CNc1c(Cl)cccc1Cl. The molecule has 0 fully saturated rings. The summed E-state index contributed by atoms with van der Waals surface area (Å²) in [6.45, 7) is 4.17. The highest BCUT2D eigenvalue weighted by Crippen LogP contribution is 2.29. The Balaban J connectivity index is 2.04. The Labute approximate surface area is 117 Å². The molecule has 1 aliphatic heterocycles. The highest BCUT2D eigenvalue weighted by atomic mass is 35.5. The van der Waals surface area contributed by atoms with E-state index < -0.39 is 0 Å². The van der Waals surface area contributed by atoms with Crippen molar-refractivity contribution in [3.63, 3.8) is 0 Å². The van der Waals surface area contributed by atoms with Gasteiger partial charge in [-0.15, -0.1) is 0 Å². The van der Waals surface area contributed by atoms with E-state index in [1.54, 1.807) is 12.1 Å². The van der Waals surface area contributed by atoms with Gasteiger partial charge in [0.2, 0.25) is 0 Å². The number of aliphatic imine (C=N–C) groups is 1. The topological polar surface area (TPSA) is 53.6 Å². The number of anilines is 1. The van der Waals surface area contributed by atoms with Gasteiger partial charge in [0.15, 0.2) is 0 Å². The fourth-order valence-corrected chi connectivity index (χ4v) is 2.47. The van der Waals surface area contributed by atoms with Crippen LogP contribution in [0.4, 0.5) is 5.69 Å². The molecule has 1 aliphatic rings. The van der Waals surface area contributed by atoms with Crippen molar-refractivity contribution in [3.05, 3.63) is 28.2 Å². The fourth-order valence-electron chi connectivity index (χ4n) is 1.94. The quantitative estimate of drug-likeness (QED) is 0.894. The minimum atomic E-state index is -0.0326. The van der Waals surface area contributed by atoms with E-state index in [-0.39, 0.29) is 6.17 Å². The summed E-state index contributed by atoms with van der Waals surface area (Å²) in [5.74, 6) is 0.945. The van der Waals surface area contributed by atoms with Crippen molar-refractivity contribution in [1.29, 1.82) is 0 Å². The zero-order chi connectivity index (χ0) is 13.1. The van der Waals surface area contributed by atoms with E-state index in [1.165, 1.54) is 0 Å². The predicted molar refractivity (Wildman–Crippen MR) is 77.6 cm³/mol. The standard InChI is InChI=1S/C12H16Cl2N4/c1-8(15)18-6-5-16-11(18)7-17-12-9(13)3-2-4-10(12)14/h2-4,8,17H,5-7,15H2,1H3. The van der Waals surface area contributed by atoms with Gasteiger partial charge in [0.25, 0.3) is 0 Å². The van der Waals surface area contributed by atoms with Gasteiger partial charge >= 0.3 is 0 Å². The van der Waals surface area contributed by atoms with Gasteiger partial charge in [-0.1, -0.05) is 29.3 Å². The van der Waals surface area contributed by atoms with E-state index in [4.69, 9.17) is 28.9 Å². The van der Waals surface area contributed by atoms with Crippen molar-refractivity contribution in [1.82, 2.24) is 4.90 Å². The molecule has 0 aromatic heterocycles. The zero-order valence-corrected chi connectivity index (χ0v) is 11.7. The molecule has 0 radical (unpaired) electrons. The van der Waals surface area contributed by atoms with E-state index >= 15 is 0 Å². The first kappa shape index (κ1) is 13.5. The molecule has 2 rings (SSSR count). The Morgan fingerprint density at radius 2 is 2.11 bits per heavy atom. The highest BCUT2D eigenvalue weighted by molar-refractivity contribution is 6.39. The van der Waals surface area contributed by atoms with Crippen molar-refractivity contribution in [3.8, 4) is 0 Å². The van der Waals surface area contributed by atoms with E-state index in [2.05, 4.69) is 15.2 Å². The van der Waals surface area contributed by atoms with Gasteiger partial charge in [-0.3, -0.25) is 4.99 Å². The molecule has 0 bridgehead atoms. The van der Waals surface area contributed by atoms with Crippen LogP contribution in [0, 0.1) is 0 Å². The minimum absolute atomic E-state index is 0.0326. The summed E-state index contributed by atoms with van der Waals surface area (Å²) >= 11 is 12.2. The third-order valence-corrected chi connectivity index (χ3v) is 3.47. The number of hydrogen-bond acceptors (Lipinski definition) is 4. The summed E-state index contributed by atoms with van der Waals surface area (Å²) in [7, 11) is 0. The third kappa shape index (κ3) is 2.88. The third-order valence-electron chi connectivity index (χ3n) is 2.84. The van der Waals surface area contributed by atoms with Crippen molar-refractivity contribution in [2.45, 2.75) is 13.1 Å². The summed E-state index contributed by atoms with van der Waals surface area (Å²) in [5.41, 5.74) is 6.62. The van der Waals surface area contributed by atoms with Crippen LogP contribution < -0.4 is 11.1 Å². The van der Waals surface area contributed by atoms with Crippen molar-refractivity contribution in [2.75, 3.05) is 25.0 Å². The zero-order valence-electron chi connectivity index (χ0n) is 10.2. The van der Waals surface area contributed by atoms with Gasteiger partial charge in [0.05, 0.1) is 35.0 Å². The Kier molecular flexibility index (Phi) is 4.32. The van der Waals surface area contributed by atoms with Crippen molar-refractivity contribution in [2.24, 2.45) is 10.7 Å². The fraction of sp³-hybridized carbons (Fsp3) is 0.417. The molecule has 1 atom stereocenters. The van der Waals surface area contributed by atoms with Crippen molar-refractivity contribution >= 4 is 34.7 Å². The predicted octanol–water partition coefficient (Wildman–Crippen LogP) is 2.42. The van der Waals surface area contributed by atoms with Gasteiger partial charge < -0.3 is 16.0 Å². The number of nitrogens with zero attached hydrogens (tertiary/aromatic N) is 2.